The van der Waals surface area contributed by atoms with Gasteiger partial charge in [0.15, 0.2) is 0 Å². The first kappa shape index (κ1) is 10.4. The molecule has 0 aliphatic rings. The normalized spacial score (nSPS) is 10.2. The van der Waals surface area contributed by atoms with E-state index in [1.807, 2.05) is 18.2 Å². The van der Waals surface area contributed by atoms with Crippen molar-refractivity contribution in [2.24, 2.45) is 5.73 Å². The summed E-state index contributed by atoms with van der Waals surface area (Å²) < 4.78 is 0. The van der Waals surface area contributed by atoms with Crippen molar-refractivity contribution >= 4 is 17.1 Å². The molecule has 0 spiro atoms. The van der Waals surface area contributed by atoms with Gasteiger partial charge < -0.3 is 11.1 Å². The molecule has 0 aliphatic carbocycles. The van der Waals surface area contributed by atoms with Crippen LogP contribution in [-0.2, 0) is 6.42 Å². The van der Waals surface area contributed by atoms with E-state index in [4.69, 9.17) is 5.73 Å². The predicted octanol–water partition coefficient (Wildman–Crippen LogP) is 0.841. The molecule has 0 aliphatic heterocycles. The van der Waals surface area contributed by atoms with Gasteiger partial charge in [0, 0.05) is 18.9 Å². The number of carbonyl (C=O) groups excluding carboxylic acids is 1. The standard InChI is InChI=1S/C11H12N4O/c12-11(16)15-4-3-8-1-2-9-10(7-8)14-6-5-13-9/h1-2,5-7H,3-4H2,(H3,12,15,16). The number of nitrogens with two attached hydrogens (primary N) is 1. The van der Waals surface area contributed by atoms with Crippen molar-refractivity contribution in [3.63, 3.8) is 0 Å². The largest absolute Gasteiger partial charge is 0.352 e. The molecule has 1 heterocycles. The minimum absolute atomic E-state index is 0.499. The molecule has 1 aromatic carbocycles. The molecule has 2 rings (SSSR count). The van der Waals surface area contributed by atoms with Crippen LogP contribution < -0.4 is 11.1 Å². The summed E-state index contributed by atoms with van der Waals surface area (Å²) in [6, 6.07) is 5.35. The van der Waals surface area contributed by atoms with E-state index in [1.54, 1.807) is 12.4 Å². The van der Waals surface area contributed by atoms with Gasteiger partial charge >= 0.3 is 6.03 Å². The van der Waals surface area contributed by atoms with Gasteiger partial charge in [-0.05, 0) is 24.1 Å². The average Bonchev–Trinajstić information content (AvgIpc) is 2.28. The van der Waals surface area contributed by atoms with E-state index < -0.39 is 6.03 Å². The van der Waals surface area contributed by atoms with Crippen molar-refractivity contribution < 1.29 is 4.79 Å². The maximum absolute atomic E-state index is 10.5. The second-order valence-corrected chi connectivity index (χ2v) is 3.42. The van der Waals surface area contributed by atoms with Crippen molar-refractivity contribution in [2.75, 3.05) is 6.54 Å². The SMILES string of the molecule is NC(=O)NCCc1ccc2nccnc2c1. The minimum Gasteiger partial charge on any atom is -0.352 e. The van der Waals surface area contributed by atoms with Crippen molar-refractivity contribution in [1.29, 1.82) is 0 Å². The van der Waals surface area contributed by atoms with Crippen molar-refractivity contribution in [1.82, 2.24) is 15.3 Å². The van der Waals surface area contributed by atoms with Gasteiger partial charge in [-0.2, -0.15) is 0 Å². The van der Waals surface area contributed by atoms with Crippen molar-refractivity contribution in [3.05, 3.63) is 36.2 Å². The van der Waals surface area contributed by atoms with Crippen LogP contribution in [0.4, 0.5) is 4.79 Å². The highest BCUT2D eigenvalue weighted by Gasteiger charge is 1.98. The van der Waals surface area contributed by atoms with Crippen molar-refractivity contribution in [2.45, 2.75) is 6.42 Å². The highest BCUT2D eigenvalue weighted by molar-refractivity contribution is 5.74. The number of hydrogen-bond donors (Lipinski definition) is 2. The molecular weight excluding hydrogens is 204 g/mol. The number of rotatable bonds is 3. The molecule has 0 fully saturated rings. The van der Waals surface area contributed by atoms with E-state index in [1.165, 1.54) is 0 Å². The monoisotopic (exact) mass is 216 g/mol. The summed E-state index contributed by atoms with van der Waals surface area (Å²) in [6.07, 6.45) is 4.06. The number of nitrogens with zero attached hydrogens (tertiary/aromatic N) is 2. The second kappa shape index (κ2) is 4.57. The third-order valence-corrected chi connectivity index (χ3v) is 2.25. The highest BCUT2D eigenvalue weighted by Crippen LogP contribution is 2.10. The summed E-state index contributed by atoms with van der Waals surface area (Å²) >= 11 is 0. The van der Waals surface area contributed by atoms with Crippen LogP contribution in [0, 0.1) is 0 Å². The molecule has 82 valence electrons. The van der Waals surface area contributed by atoms with Gasteiger partial charge in [0.1, 0.15) is 0 Å². The zero-order valence-electron chi connectivity index (χ0n) is 8.68. The Morgan fingerprint density at radius 3 is 2.75 bits per heavy atom. The number of aromatic nitrogens is 2. The van der Waals surface area contributed by atoms with Crippen LogP contribution in [0.5, 0.6) is 0 Å². The van der Waals surface area contributed by atoms with Gasteiger partial charge in [-0.3, -0.25) is 9.97 Å². The maximum Gasteiger partial charge on any atom is 0.312 e. The smallest absolute Gasteiger partial charge is 0.312 e. The maximum atomic E-state index is 10.5. The molecule has 0 unspecified atom stereocenters. The van der Waals surface area contributed by atoms with E-state index in [0.29, 0.717) is 6.54 Å². The number of urea groups is 1. The summed E-state index contributed by atoms with van der Waals surface area (Å²) in [5.41, 5.74) is 7.80. The van der Waals surface area contributed by atoms with Gasteiger partial charge in [0.05, 0.1) is 11.0 Å². The second-order valence-electron chi connectivity index (χ2n) is 3.42. The van der Waals surface area contributed by atoms with E-state index in [9.17, 15) is 4.79 Å². The van der Waals surface area contributed by atoms with Crippen LogP contribution in [0.1, 0.15) is 5.56 Å². The number of amides is 2. The number of benzene rings is 1. The van der Waals surface area contributed by atoms with E-state index in [2.05, 4.69) is 15.3 Å². The lowest BCUT2D eigenvalue weighted by atomic mass is 10.1. The molecule has 3 N–H and O–H groups in total. The molecule has 2 aromatic rings. The summed E-state index contributed by atoms with van der Waals surface area (Å²) in [5, 5.41) is 2.54. The van der Waals surface area contributed by atoms with E-state index in [-0.39, 0.29) is 0 Å². The van der Waals surface area contributed by atoms with Gasteiger partial charge in [0.2, 0.25) is 0 Å². The lowest BCUT2D eigenvalue weighted by Gasteiger charge is -2.03. The Bertz CT molecular complexity index is 512. The predicted molar refractivity (Wildman–Crippen MR) is 60.8 cm³/mol. The summed E-state index contributed by atoms with van der Waals surface area (Å²) in [5.74, 6) is 0. The lowest BCUT2D eigenvalue weighted by molar-refractivity contribution is 0.249. The molecule has 5 heteroatoms. The molecular formula is C11H12N4O. The molecule has 16 heavy (non-hydrogen) atoms. The average molecular weight is 216 g/mol. The number of fused-ring (bicyclic) bond motifs is 1. The molecule has 2 amide bonds. The molecule has 1 aromatic heterocycles. The number of carbonyl (C=O) groups is 1. The third-order valence-electron chi connectivity index (χ3n) is 2.25. The Morgan fingerprint density at radius 1 is 1.25 bits per heavy atom. The first-order chi connectivity index (χ1) is 7.75. The Kier molecular flexibility index (Phi) is 2.95. The number of primary amides is 1. The zero-order chi connectivity index (χ0) is 11.4. The molecule has 0 saturated heterocycles. The van der Waals surface area contributed by atoms with E-state index in [0.717, 1.165) is 23.0 Å². The third kappa shape index (κ3) is 2.44. The number of hydrogen-bond acceptors (Lipinski definition) is 3. The molecule has 0 atom stereocenters. The fourth-order valence-corrected chi connectivity index (χ4v) is 1.49. The van der Waals surface area contributed by atoms with Gasteiger partial charge in [-0.1, -0.05) is 6.07 Å². The summed E-state index contributed by atoms with van der Waals surface area (Å²) in [4.78, 5) is 18.9. The Labute approximate surface area is 92.7 Å². The highest BCUT2D eigenvalue weighted by atomic mass is 16.2. The summed E-state index contributed by atoms with van der Waals surface area (Å²) in [6.45, 7) is 0.529. The Hall–Kier alpha value is -2.17. The molecule has 0 saturated carbocycles. The van der Waals surface area contributed by atoms with Crippen LogP contribution in [-0.4, -0.2) is 22.5 Å². The first-order valence-electron chi connectivity index (χ1n) is 4.98. The van der Waals surface area contributed by atoms with Crippen LogP contribution in [0.2, 0.25) is 0 Å². The Balaban J connectivity index is 2.10. The Morgan fingerprint density at radius 2 is 2.00 bits per heavy atom. The first-order valence-corrected chi connectivity index (χ1v) is 4.98. The summed E-state index contributed by atoms with van der Waals surface area (Å²) in [7, 11) is 0. The van der Waals surface area contributed by atoms with Crippen LogP contribution in [0.3, 0.4) is 0 Å². The molecule has 0 radical (unpaired) electrons. The van der Waals surface area contributed by atoms with Gasteiger partial charge in [-0.25, -0.2) is 4.79 Å². The van der Waals surface area contributed by atoms with Crippen LogP contribution >= 0.6 is 0 Å². The lowest BCUT2D eigenvalue weighted by Crippen LogP contribution is -2.30. The van der Waals surface area contributed by atoms with Crippen LogP contribution in [0.25, 0.3) is 11.0 Å². The van der Waals surface area contributed by atoms with E-state index >= 15 is 0 Å². The fourth-order valence-electron chi connectivity index (χ4n) is 1.49. The van der Waals surface area contributed by atoms with Gasteiger partial charge in [-0.15, -0.1) is 0 Å². The number of nitrogens with one attached hydrogen (secondary N) is 1. The van der Waals surface area contributed by atoms with Crippen LogP contribution in [0.15, 0.2) is 30.6 Å². The molecule has 5 nitrogen and oxygen atoms in total. The zero-order valence-corrected chi connectivity index (χ0v) is 8.68. The quantitative estimate of drug-likeness (QED) is 0.797. The fraction of sp³-hybridized carbons (Fsp3) is 0.182. The topological polar surface area (TPSA) is 80.9 Å². The van der Waals surface area contributed by atoms with Crippen molar-refractivity contribution in [3.8, 4) is 0 Å². The molecule has 0 bridgehead atoms. The minimum atomic E-state index is -0.499. The van der Waals surface area contributed by atoms with Gasteiger partial charge in [0.25, 0.3) is 0 Å².